The van der Waals surface area contributed by atoms with E-state index in [0.29, 0.717) is 11.6 Å². The summed E-state index contributed by atoms with van der Waals surface area (Å²) in [6.45, 7) is 11.7. The summed E-state index contributed by atoms with van der Waals surface area (Å²) in [5, 5.41) is 3.50. The summed E-state index contributed by atoms with van der Waals surface area (Å²) >= 11 is 0. The van der Waals surface area contributed by atoms with E-state index in [4.69, 9.17) is 4.42 Å². The second-order valence-electron chi connectivity index (χ2n) is 12.2. The summed E-state index contributed by atoms with van der Waals surface area (Å²) in [6, 6.07) is 38.9. The molecule has 0 saturated heterocycles. The molecule has 4 aromatic heterocycles. The number of aromatic nitrogens is 3. The maximum atomic E-state index is 6.05. The number of rotatable bonds is 5. The van der Waals surface area contributed by atoms with Crippen LogP contribution in [-0.4, -0.2) is 23.0 Å². The fraction of sp³-hybridized carbons (Fsp3) is 0.154. The quantitative estimate of drug-likeness (QED) is 0.129. The van der Waals surface area contributed by atoms with Crippen molar-refractivity contribution in [3.8, 4) is 33.6 Å². The van der Waals surface area contributed by atoms with Crippen LogP contribution in [0.1, 0.15) is 25.3 Å². The largest absolute Gasteiger partial charge is 0.486 e. The third-order valence-electron chi connectivity index (χ3n) is 7.67. The minimum absolute atomic E-state index is 0. The minimum atomic E-state index is -1.34. The average Bonchev–Trinajstić information content (AvgIpc) is 3.44. The zero-order chi connectivity index (χ0) is 30.7. The monoisotopic (exact) mass is 782 g/mol. The molecule has 0 aliphatic rings. The van der Waals surface area contributed by atoms with E-state index in [1.165, 1.54) is 10.8 Å². The predicted octanol–water partition coefficient (Wildman–Crippen LogP) is 9.73. The number of nitrogens with zero attached hydrogens (tertiary/aromatic N) is 3. The number of pyridine rings is 3. The molecule has 6 heteroatoms. The van der Waals surface area contributed by atoms with Crippen LogP contribution in [0.2, 0.25) is 19.6 Å². The van der Waals surface area contributed by atoms with Gasteiger partial charge in [-0.1, -0.05) is 98.5 Å². The van der Waals surface area contributed by atoms with Gasteiger partial charge in [0.25, 0.3) is 0 Å². The molecular weight excluding hydrogens is 747 g/mol. The van der Waals surface area contributed by atoms with E-state index in [9.17, 15) is 0 Å². The van der Waals surface area contributed by atoms with Gasteiger partial charge in [-0.2, -0.15) is 0 Å². The van der Waals surface area contributed by atoms with Crippen molar-refractivity contribution in [2.75, 3.05) is 0 Å². The van der Waals surface area contributed by atoms with Crippen molar-refractivity contribution >= 4 is 35.3 Å². The molecular formula is C39H35IrN3OSi-2. The third-order valence-corrected chi connectivity index (χ3v) is 9.70. The number of benzene rings is 3. The summed E-state index contributed by atoms with van der Waals surface area (Å²) in [6.07, 6.45) is 5.72. The van der Waals surface area contributed by atoms with E-state index >= 15 is 0 Å². The fourth-order valence-corrected chi connectivity index (χ4v) is 7.07. The second-order valence-corrected chi connectivity index (χ2v) is 17.2. The van der Waals surface area contributed by atoms with Gasteiger partial charge in [-0.05, 0) is 40.2 Å². The van der Waals surface area contributed by atoms with E-state index in [2.05, 4.69) is 97.1 Å². The van der Waals surface area contributed by atoms with Gasteiger partial charge < -0.3 is 14.4 Å². The first kappa shape index (κ1) is 32.2. The van der Waals surface area contributed by atoms with Crippen molar-refractivity contribution < 1.29 is 24.5 Å². The van der Waals surface area contributed by atoms with Gasteiger partial charge in [0.2, 0.25) is 5.71 Å². The Morgan fingerprint density at radius 1 is 0.689 bits per heavy atom. The predicted molar refractivity (Wildman–Crippen MR) is 185 cm³/mol. The van der Waals surface area contributed by atoms with Crippen molar-refractivity contribution in [1.29, 1.82) is 0 Å². The van der Waals surface area contributed by atoms with E-state index in [1.807, 2.05) is 72.9 Å². The molecule has 7 rings (SSSR count). The number of hydrogen-bond donors (Lipinski definition) is 0. The Bertz CT molecular complexity index is 2020. The van der Waals surface area contributed by atoms with Gasteiger partial charge >= 0.3 is 0 Å². The second kappa shape index (κ2) is 13.8. The molecule has 4 nitrogen and oxygen atoms in total. The van der Waals surface area contributed by atoms with Gasteiger partial charge in [0, 0.05) is 49.6 Å². The van der Waals surface area contributed by atoms with Crippen molar-refractivity contribution in [3.05, 3.63) is 133 Å². The Morgan fingerprint density at radius 3 is 2.16 bits per heavy atom. The molecule has 0 amide bonds. The van der Waals surface area contributed by atoms with E-state index in [-0.39, 0.29) is 20.1 Å². The maximum Gasteiger partial charge on any atom is 0.216 e. The molecule has 7 aromatic rings. The van der Waals surface area contributed by atoms with Crippen LogP contribution in [0.5, 0.6) is 0 Å². The minimum Gasteiger partial charge on any atom is -0.486 e. The molecule has 0 saturated carbocycles. The molecule has 0 aliphatic carbocycles. The fourth-order valence-electron chi connectivity index (χ4n) is 5.39. The van der Waals surface area contributed by atoms with Crippen LogP contribution in [0.4, 0.5) is 0 Å². The molecule has 0 bridgehead atoms. The zero-order valence-corrected chi connectivity index (χ0v) is 29.5. The standard InChI is InChI=1S/C22H13N2O.C17H22NSi.Ir/c1-2-7-15(8-3-1)16-13-19-17-9-6-10-18(20-11-4-5-12-23-20)21(17)25-22(19)24-14-16;1-13(2)15-11-16(14-9-7-6-8-10-14)18-12-17(15)19(3,4)5;/h1-9,11-14H;6-9,11-13H,1-5H3;/q2*-1;. The third kappa shape index (κ3) is 7.04. The van der Waals surface area contributed by atoms with Crippen LogP contribution in [0, 0.1) is 12.1 Å². The molecule has 0 aliphatic heterocycles. The zero-order valence-electron chi connectivity index (χ0n) is 26.1. The van der Waals surface area contributed by atoms with Crippen LogP contribution >= 0.6 is 0 Å². The molecule has 3 aromatic carbocycles. The van der Waals surface area contributed by atoms with Crippen molar-refractivity contribution in [1.82, 2.24) is 15.0 Å². The van der Waals surface area contributed by atoms with Crippen molar-refractivity contribution in [3.63, 3.8) is 0 Å². The van der Waals surface area contributed by atoms with E-state index in [0.717, 1.165) is 50.0 Å². The number of furan rings is 1. The van der Waals surface area contributed by atoms with Crippen LogP contribution < -0.4 is 5.19 Å². The Kier molecular flexibility index (Phi) is 9.88. The van der Waals surface area contributed by atoms with Crippen LogP contribution in [0.3, 0.4) is 0 Å². The Hall–Kier alpha value is -4.22. The van der Waals surface area contributed by atoms with Crippen LogP contribution in [-0.2, 0) is 20.1 Å². The number of fused-ring (bicyclic) bond motifs is 3. The summed E-state index contributed by atoms with van der Waals surface area (Å²) < 4.78 is 6.05. The van der Waals surface area contributed by atoms with E-state index in [1.54, 1.807) is 6.20 Å². The molecule has 0 spiro atoms. The molecule has 1 radical (unpaired) electrons. The number of hydrogen-bond acceptors (Lipinski definition) is 4. The Labute approximate surface area is 280 Å². The molecule has 0 atom stereocenters. The molecule has 4 heterocycles. The Morgan fingerprint density at radius 2 is 1.47 bits per heavy atom. The smallest absolute Gasteiger partial charge is 0.216 e. The SMILES string of the molecule is CC(C)c1cc(-c2[c-]cccc2)ncc1[Si](C)(C)C.[Ir].[c-]1ccc2c(oc3ncc(-c4ccccc4)cc32)c1-c1ccccn1. The van der Waals surface area contributed by atoms with E-state index < -0.39 is 8.07 Å². The summed E-state index contributed by atoms with van der Waals surface area (Å²) in [5.41, 5.74) is 8.87. The normalized spacial score (nSPS) is 11.2. The molecule has 227 valence electrons. The van der Waals surface area contributed by atoms with Gasteiger partial charge in [-0.25, -0.2) is 4.98 Å². The van der Waals surface area contributed by atoms with Gasteiger partial charge in [-0.15, -0.1) is 54.1 Å². The Balaban J connectivity index is 0.000000181. The van der Waals surface area contributed by atoms with Gasteiger partial charge in [-0.3, -0.25) is 0 Å². The maximum absolute atomic E-state index is 6.05. The van der Waals surface area contributed by atoms with Crippen LogP contribution in [0.15, 0.2) is 120 Å². The summed E-state index contributed by atoms with van der Waals surface area (Å²) in [7, 11) is -1.34. The van der Waals surface area contributed by atoms with Crippen molar-refractivity contribution in [2.45, 2.75) is 39.4 Å². The van der Waals surface area contributed by atoms with Crippen LogP contribution in [0.25, 0.3) is 55.7 Å². The first-order chi connectivity index (χ1) is 21.3. The average molecular weight is 782 g/mol. The first-order valence-electron chi connectivity index (χ1n) is 15.0. The van der Waals surface area contributed by atoms with Crippen molar-refractivity contribution in [2.24, 2.45) is 0 Å². The summed E-state index contributed by atoms with van der Waals surface area (Å²) in [4.78, 5) is 13.6. The van der Waals surface area contributed by atoms with Gasteiger partial charge in [0.15, 0.2) is 0 Å². The summed E-state index contributed by atoms with van der Waals surface area (Å²) in [5.74, 6) is 0.534. The van der Waals surface area contributed by atoms with Gasteiger partial charge in [0.1, 0.15) is 0 Å². The molecule has 0 fully saturated rings. The molecule has 45 heavy (non-hydrogen) atoms. The molecule has 0 N–H and O–H groups in total. The first-order valence-corrected chi connectivity index (χ1v) is 18.5. The van der Waals surface area contributed by atoms with Gasteiger partial charge in [0.05, 0.1) is 13.7 Å². The topological polar surface area (TPSA) is 51.8 Å². The molecule has 0 unspecified atom stereocenters.